The fraction of sp³-hybridized carbons (Fsp3) is 0.562. The summed E-state index contributed by atoms with van der Waals surface area (Å²) >= 11 is 0. The van der Waals surface area contributed by atoms with Crippen LogP contribution in [0.15, 0.2) is 24.3 Å². The molecule has 0 spiro atoms. The zero-order valence-corrected chi connectivity index (χ0v) is 11.7. The fourth-order valence-corrected chi connectivity index (χ4v) is 3.52. The summed E-state index contributed by atoms with van der Waals surface area (Å²) in [5.74, 6) is 0.985. The Balaban J connectivity index is 1.59. The number of nitrogens with two attached hydrogens (primary N) is 1. The Bertz CT molecular complexity index is 486. The number of aliphatic hydroxyl groups excluding tert-OH is 1. The first-order chi connectivity index (χ1) is 9.67. The molecule has 1 heterocycles. The molecule has 2 fully saturated rings. The summed E-state index contributed by atoms with van der Waals surface area (Å²) in [5, 5.41) is 9.90. The monoisotopic (exact) mass is 274 g/mol. The van der Waals surface area contributed by atoms with E-state index in [4.69, 9.17) is 5.73 Å². The first-order valence-electron chi connectivity index (χ1n) is 7.41. The minimum absolute atomic E-state index is 0.173. The van der Waals surface area contributed by atoms with Crippen LogP contribution in [-0.2, 0) is 17.8 Å². The van der Waals surface area contributed by atoms with E-state index in [9.17, 15) is 9.90 Å². The van der Waals surface area contributed by atoms with Crippen LogP contribution >= 0.6 is 0 Å². The molecule has 2 aliphatic rings. The largest absolute Gasteiger partial charge is 0.393 e. The molecule has 1 saturated heterocycles. The summed E-state index contributed by atoms with van der Waals surface area (Å²) in [6.45, 7) is 2.08. The van der Waals surface area contributed by atoms with E-state index in [-0.39, 0.29) is 12.0 Å². The number of carbonyl (C=O) groups excluding carboxylic acids is 1. The van der Waals surface area contributed by atoms with E-state index < -0.39 is 0 Å². The third-order valence-corrected chi connectivity index (χ3v) is 4.79. The molecule has 4 heteroatoms. The van der Waals surface area contributed by atoms with Crippen molar-refractivity contribution in [3.63, 3.8) is 0 Å². The standard InChI is InChI=1S/C16H22N2O2/c17-8-12-3-1-11(2-4-12)7-16(20)18-9-13-5-6-15(19)14(13)10-18/h1-4,13-15,19H,5-10,17H2. The van der Waals surface area contributed by atoms with Gasteiger partial charge in [-0.1, -0.05) is 24.3 Å². The highest BCUT2D eigenvalue weighted by Crippen LogP contribution is 2.38. The predicted octanol–water partition coefficient (Wildman–Crippen LogP) is 0.917. The van der Waals surface area contributed by atoms with Gasteiger partial charge in [-0.3, -0.25) is 4.79 Å². The molecule has 1 aliphatic carbocycles. The molecule has 1 aromatic carbocycles. The van der Waals surface area contributed by atoms with Gasteiger partial charge >= 0.3 is 0 Å². The minimum Gasteiger partial charge on any atom is -0.393 e. The van der Waals surface area contributed by atoms with Crippen LogP contribution in [0.1, 0.15) is 24.0 Å². The molecular formula is C16H22N2O2. The molecular weight excluding hydrogens is 252 g/mol. The maximum atomic E-state index is 12.3. The molecule has 3 N–H and O–H groups in total. The Morgan fingerprint density at radius 3 is 2.55 bits per heavy atom. The molecule has 108 valence electrons. The van der Waals surface area contributed by atoms with E-state index in [1.165, 1.54) is 0 Å². The van der Waals surface area contributed by atoms with Gasteiger partial charge in [-0.15, -0.1) is 0 Å². The van der Waals surface area contributed by atoms with E-state index in [2.05, 4.69) is 0 Å². The smallest absolute Gasteiger partial charge is 0.227 e. The minimum atomic E-state index is -0.207. The average molecular weight is 274 g/mol. The molecule has 4 nitrogen and oxygen atoms in total. The average Bonchev–Trinajstić information content (AvgIpc) is 3.02. The highest BCUT2D eigenvalue weighted by molar-refractivity contribution is 5.79. The molecule has 1 aliphatic heterocycles. The summed E-state index contributed by atoms with van der Waals surface area (Å²) in [5.41, 5.74) is 7.68. The summed E-state index contributed by atoms with van der Waals surface area (Å²) < 4.78 is 0. The highest BCUT2D eigenvalue weighted by atomic mass is 16.3. The summed E-state index contributed by atoms with van der Waals surface area (Å²) in [6.07, 6.45) is 2.20. The van der Waals surface area contributed by atoms with Crippen molar-refractivity contribution in [1.82, 2.24) is 4.90 Å². The molecule has 3 rings (SSSR count). The topological polar surface area (TPSA) is 66.6 Å². The number of hydrogen-bond donors (Lipinski definition) is 2. The second kappa shape index (κ2) is 5.54. The van der Waals surface area contributed by atoms with Gasteiger partial charge in [-0.05, 0) is 29.9 Å². The lowest BCUT2D eigenvalue weighted by atomic mass is 10.00. The Labute approximate surface area is 119 Å². The van der Waals surface area contributed by atoms with Crippen LogP contribution in [-0.4, -0.2) is 35.1 Å². The zero-order chi connectivity index (χ0) is 14.1. The van der Waals surface area contributed by atoms with Crippen molar-refractivity contribution in [3.8, 4) is 0 Å². The van der Waals surface area contributed by atoms with E-state index in [0.717, 1.165) is 37.1 Å². The number of amides is 1. The second-order valence-corrected chi connectivity index (χ2v) is 6.06. The van der Waals surface area contributed by atoms with E-state index in [1.807, 2.05) is 29.2 Å². The molecule has 3 unspecified atom stereocenters. The Kier molecular flexibility index (Phi) is 3.76. The number of likely N-dealkylation sites (tertiary alicyclic amines) is 1. The van der Waals surface area contributed by atoms with Crippen molar-refractivity contribution < 1.29 is 9.90 Å². The molecule has 1 aromatic rings. The number of nitrogens with zero attached hydrogens (tertiary/aromatic N) is 1. The molecule has 0 aromatic heterocycles. The van der Waals surface area contributed by atoms with Crippen molar-refractivity contribution in [2.75, 3.05) is 13.1 Å². The number of aliphatic hydroxyl groups is 1. The van der Waals surface area contributed by atoms with E-state index >= 15 is 0 Å². The SMILES string of the molecule is NCc1ccc(CC(=O)N2CC3CCC(O)C3C2)cc1. The fourth-order valence-electron chi connectivity index (χ4n) is 3.52. The summed E-state index contributed by atoms with van der Waals surface area (Å²) in [7, 11) is 0. The van der Waals surface area contributed by atoms with Gasteiger partial charge in [0.2, 0.25) is 5.91 Å². The van der Waals surface area contributed by atoms with Crippen LogP contribution in [0, 0.1) is 11.8 Å². The first-order valence-corrected chi connectivity index (χ1v) is 7.41. The Morgan fingerprint density at radius 1 is 1.20 bits per heavy atom. The quantitative estimate of drug-likeness (QED) is 0.861. The normalized spacial score (nSPS) is 28.7. The van der Waals surface area contributed by atoms with Crippen molar-refractivity contribution in [2.45, 2.75) is 31.9 Å². The second-order valence-electron chi connectivity index (χ2n) is 6.06. The number of hydrogen-bond acceptors (Lipinski definition) is 3. The lowest BCUT2D eigenvalue weighted by Crippen LogP contribution is -2.32. The van der Waals surface area contributed by atoms with E-state index in [0.29, 0.717) is 24.8 Å². The molecule has 0 bridgehead atoms. The van der Waals surface area contributed by atoms with Crippen molar-refractivity contribution in [1.29, 1.82) is 0 Å². The van der Waals surface area contributed by atoms with Crippen LogP contribution in [0.4, 0.5) is 0 Å². The van der Waals surface area contributed by atoms with Gasteiger partial charge in [0, 0.05) is 25.6 Å². The zero-order valence-electron chi connectivity index (χ0n) is 11.7. The van der Waals surface area contributed by atoms with Gasteiger partial charge in [-0.25, -0.2) is 0 Å². The molecule has 1 saturated carbocycles. The Morgan fingerprint density at radius 2 is 1.90 bits per heavy atom. The van der Waals surface area contributed by atoms with Crippen molar-refractivity contribution in [2.24, 2.45) is 17.6 Å². The van der Waals surface area contributed by atoms with Gasteiger partial charge in [0.05, 0.1) is 12.5 Å². The number of benzene rings is 1. The number of rotatable bonds is 3. The van der Waals surface area contributed by atoms with Crippen LogP contribution in [0.3, 0.4) is 0 Å². The third-order valence-electron chi connectivity index (χ3n) is 4.79. The van der Waals surface area contributed by atoms with Crippen LogP contribution < -0.4 is 5.73 Å². The van der Waals surface area contributed by atoms with Crippen molar-refractivity contribution in [3.05, 3.63) is 35.4 Å². The third kappa shape index (κ3) is 2.58. The van der Waals surface area contributed by atoms with E-state index in [1.54, 1.807) is 0 Å². The maximum Gasteiger partial charge on any atom is 0.227 e. The molecule has 0 radical (unpaired) electrons. The molecule has 1 amide bonds. The van der Waals surface area contributed by atoms with Crippen LogP contribution in [0.2, 0.25) is 0 Å². The highest BCUT2D eigenvalue weighted by Gasteiger charge is 2.43. The lowest BCUT2D eigenvalue weighted by molar-refractivity contribution is -0.129. The summed E-state index contributed by atoms with van der Waals surface area (Å²) in [6, 6.07) is 7.91. The van der Waals surface area contributed by atoms with Crippen LogP contribution in [0.5, 0.6) is 0 Å². The maximum absolute atomic E-state index is 12.3. The summed E-state index contributed by atoms with van der Waals surface area (Å²) in [4.78, 5) is 14.3. The Hall–Kier alpha value is -1.39. The number of fused-ring (bicyclic) bond motifs is 1. The van der Waals surface area contributed by atoms with Gasteiger partial charge in [0.15, 0.2) is 0 Å². The predicted molar refractivity (Wildman–Crippen MR) is 76.8 cm³/mol. The van der Waals surface area contributed by atoms with Gasteiger partial charge in [-0.2, -0.15) is 0 Å². The number of carbonyl (C=O) groups is 1. The van der Waals surface area contributed by atoms with Gasteiger partial charge < -0.3 is 15.7 Å². The lowest BCUT2D eigenvalue weighted by Gasteiger charge is -2.18. The van der Waals surface area contributed by atoms with Gasteiger partial charge in [0.1, 0.15) is 0 Å². The molecule has 20 heavy (non-hydrogen) atoms. The van der Waals surface area contributed by atoms with Crippen molar-refractivity contribution >= 4 is 5.91 Å². The molecule has 3 atom stereocenters. The van der Waals surface area contributed by atoms with Gasteiger partial charge in [0.25, 0.3) is 0 Å². The first kappa shape index (κ1) is 13.6. The van der Waals surface area contributed by atoms with Crippen LogP contribution in [0.25, 0.3) is 0 Å².